The first-order valence-corrected chi connectivity index (χ1v) is 8.00. The highest BCUT2D eigenvalue weighted by molar-refractivity contribution is 7.15. The van der Waals surface area contributed by atoms with E-state index in [4.69, 9.17) is 0 Å². The predicted molar refractivity (Wildman–Crippen MR) is 92.2 cm³/mol. The molecule has 3 aromatic heterocycles. The van der Waals surface area contributed by atoms with Crippen molar-refractivity contribution in [1.29, 1.82) is 0 Å². The van der Waals surface area contributed by atoms with Gasteiger partial charge >= 0.3 is 0 Å². The van der Waals surface area contributed by atoms with E-state index in [1.165, 1.54) is 16.5 Å². The molecule has 0 aliphatic heterocycles. The standard InChI is InChI=1S/C16H9N5O3S/c22-15-13(8-10-4-1-2-6-12(10)21(23)24)25-16-19-18-14(20(15)16)11-5-3-7-17-9-11/h1-9H/b13-8+. The lowest BCUT2D eigenvalue weighted by Crippen LogP contribution is -2.23. The number of para-hydroxylation sites is 1. The monoisotopic (exact) mass is 351 g/mol. The van der Waals surface area contributed by atoms with Crippen LogP contribution < -0.4 is 10.1 Å². The van der Waals surface area contributed by atoms with Gasteiger partial charge in [-0.05, 0) is 24.3 Å². The Labute approximate surface area is 143 Å². The first-order valence-electron chi connectivity index (χ1n) is 7.18. The van der Waals surface area contributed by atoms with E-state index >= 15 is 0 Å². The molecule has 25 heavy (non-hydrogen) atoms. The van der Waals surface area contributed by atoms with Crippen molar-refractivity contribution in [3.63, 3.8) is 0 Å². The summed E-state index contributed by atoms with van der Waals surface area (Å²) in [6.07, 6.45) is 4.73. The van der Waals surface area contributed by atoms with E-state index in [0.29, 0.717) is 26.4 Å². The molecule has 3 heterocycles. The third kappa shape index (κ3) is 2.56. The number of nitrogens with zero attached hydrogens (tertiary/aromatic N) is 5. The topological polar surface area (TPSA) is 103 Å². The normalized spacial score (nSPS) is 11.9. The molecule has 9 heteroatoms. The van der Waals surface area contributed by atoms with Crippen molar-refractivity contribution in [2.24, 2.45) is 0 Å². The second kappa shape index (κ2) is 5.87. The van der Waals surface area contributed by atoms with Crippen molar-refractivity contribution in [2.75, 3.05) is 0 Å². The minimum absolute atomic E-state index is 0.0569. The summed E-state index contributed by atoms with van der Waals surface area (Å²) in [4.78, 5) is 27.8. The SMILES string of the molecule is O=c1/c(=C\c2ccccc2[N+](=O)[O-])sc2nnc(-c3cccnc3)n12. The number of hydrogen-bond donors (Lipinski definition) is 0. The van der Waals surface area contributed by atoms with Crippen LogP contribution in [0.25, 0.3) is 22.4 Å². The van der Waals surface area contributed by atoms with Crippen LogP contribution >= 0.6 is 11.3 Å². The van der Waals surface area contributed by atoms with E-state index in [2.05, 4.69) is 15.2 Å². The fourth-order valence-electron chi connectivity index (χ4n) is 2.46. The van der Waals surface area contributed by atoms with Gasteiger partial charge in [-0.3, -0.25) is 19.9 Å². The van der Waals surface area contributed by atoms with Crippen molar-refractivity contribution < 1.29 is 4.92 Å². The van der Waals surface area contributed by atoms with E-state index in [0.717, 1.165) is 11.3 Å². The average molecular weight is 351 g/mol. The Morgan fingerprint density at radius 1 is 1.16 bits per heavy atom. The Kier molecular flexibility index (Phi) is 3.55. The van der Waals surface area contributed by atoms with E-state index in [-0.39, 0.29) is 11.2 Å². The van der Waals surface area contributed by atoms with Gasteiger partial charge in [0.15, 0.2) is 5.82 Å². The molecule has 1 aromatic carbocycles. The third-order valence-corrected chi connectivity index (χ3v) is 4.55. The molecule has 0 saturated heterocycles. The summed E-state index contributed by atoms with van der Waals surface area (Å²) in [5, 5.41) is 19.2. The largest absolute Gasteiger partial charge is 0.276 e. The lowest BCUT2D eigenvalue weighted by atomic mass is 10.2. The van der Waals surface area contributed by atoms with Crippen LogP contribution in [0.5, 0.6) is 0 Å². The van der Waals surface area contributed by atoms with E-state index in [1.54, 1.807) is 42.7 Å². The number of thiazole rings is 1. The molecule has 0 amide bonds. The highest BCUT2D eigenvalue weighted by Gasteiger charge is 2.15. The number of aromatic nitrogens is 4. The molecular formula is C16H9N5O3S. The molecule has 8 nitrogen and oxygen atoms in total. The van der Waals surface area contributed by atoms with Gasteiger partial charge in [0.2, 0.25) is 4.96 Å². The molecule has 0 fully saturated rings. The number of pyridine rings is 1. The summed E-state index contributed by atoms with van der Waals surface area (Å²) in [6, 6.07) is 9.79. The maximum atomic E-state index is 12.7. The zero-order chi connectivity index (χ0) is 17.4. The van der Waals surface area contributed by atoms with Crippen LogP contribution in [0.1, 0.15) is 5.56 Å². The number of nitro groups is 1. The number of rotatable bonds is 3. The van der Waals surface area contributed by atoms with E-state index < -0.39 is 4.92 Å². The summed E-state index contributed by atoms with van der Waals surface area (Å²) >= 11 is 1.13. The second-order valence-corrected chi connectivity index (χ2v) is 6.12. The van der Waals surface area contributed by atoms with Gasteiger partial charge in [-0.15, -0.1) is 10.2 Å². The van der Waals surface area contributed by atoms with Gasteiger partial charge in [-0.25, -0.2) is 4.40 Å². The van der Waals surface area contributed by atoms with Crippen LogP contribution in [-0.2, 0) is 0 Å². The van der Waals surface area contributed by atoms with Crippen LogP contribution in [0.2, 0.25) is 0 Å². The van der Waals surface area contributed by atoms with Gasteiger partial charge < -0.3 is 0 Å². The quantitative estimate of drug-likeness (QED) is 0.411. The maximum absolute atomic E-state index is 12.7. The minimum Gasteiger partial charge on any atom is -0.267 e. The van der Waals surface area contributed by atoms with Crippen molar-refractivity contribution >= 4 is 28.1 Å². The van der Waals surface area contributed by atoms with Gasteiger partial charge in [0.05, 0.1) is 15.0 Å². The van der Waals surface area contributed by atoms with Crippen LogP contribution in [-0.4, -0.2) is 24.5 Å². The molecule has 0 N–H and O–H groups in total. The smallest absolute Gasteiger partial charge is 0.267 e. The highest BCUT2D eigenvalue weighted by atomic mass is 32.1. The molecule has 122 valence electrons. The van der Waals surface area contributed by atoms with Crippen molar-refractivity contribution in [1.82, 2.24) is 19.6 Å². The summed E-state index contributed by atoms with van der Waals surface area (Å²) in [7, 11) is 0. The fourth-order valence-corrected chi connectivity index (χ4v) is 3.37. The van der Waals surface area contributed by atoms with Gasteiger partial charge in [0.25, 0.3) is 11.2 Å². The van der Waals surface area contributed by atoms with E-state index in [9.17, 15) is 14.9 Å². The maximum Gasteiger partial charge on any atom is 0.276 e. The van der Waals surface area contributed by atoms with Gasteiger partial charge in [0.1, 0.15) is 0 Å². The zero-order valence-electron chi connectivity index (χ0n) is 12.6. The molecule has 0 bridgehead atoms. The minimum atomic E-state index is -0.475. The van der Waals surface area contributed by atoms with Gasteiger partial charge in [0, 0.05) is 24.0 Å². The van der Waals surface area contributed by atoms with Crippen LogP contribution in [0, 0.1) is 10.1 Å². The number of hydrogen-bond acceptors (Lipinski definition) is 7. The fraction of sp³-hybridized carbons (Fsp3) is 0. The molecular weight excluding hydrogens is 342 g/mol. The Balaban J connectivity index is 1.94. The first-order chi connectivity index (χ1) is 12.1. The summed E-state index contributed by atoms with van der Waals surface area (Å²) in [5.74, 6) is 0.395. The lowest BCUT2D eigenvalue weighted by Gasteiger charge is -1.95. The van der Waals surface area contributed by atoms with E-state index in [1.807, 2.05) is 0 Å². The number of nitro benzene ring substituents is 1. The summed E-state index contributed by atoms with van der Waals surface area (Å²) in [6.45, 7) is 0. The van der Waals surface area contributed by atoms with Crippen molar-refractivity contribution in [2.45, 2.75) is 0 Å². The van der Waals surface area contributed by atoms with Gasteiger partial charge in [-0.2, -0.15) is 0 Å². The first kappa shape index (κ1) is 15.1. The molecule has 0 unspecified atom stereocenters. The van der Waals surface area contributed by atoms with Crippen molar-refractivity contribution in [3.8, 4) is 11.4 Å². The average Bonchev–Trinajstić information content (AvgIpc) is 3.17. The molecule has 4 aromatic rings. The Hall–Kier alpha value is -3.46. The van der Waals surface area contributed by atoms with Crippen LogP contribution in [0.3, 0.4) is 0 Å². The zero-order valence-corrected chi connectivity index (χ0v) is 13.4. The Bertz CT molecular complexity index is 1200. The summed E-state index contributed by atoms with van der Waals surface area (Å²) < 4.78 is 1.74. The number of benzene rings is 1. The molecule has 0 spiro atoms. The molecule has 0 saturated carbocycles. The Morgan fingerprint density at radius 3 is 2.76 bits per heavy atom. The van der Waals surface area contributed by atoms with Gasteiger partial charge in [-0.1, -0.05) is 23.5 Å². The molecule has 0 radical (unpaired) electrons. The second-order valence-electron chi connectivity index (χ2n) is 5.12. The predicted octanol–water partition coefficient (Wildman–Crippen LogP) is 1.67. The lowest BCUT2D eigenvalue weighted by molar-refractivity contribution is -0.385. The molecule has 0 aliphatic rings. The van der Waals surface area contributed by atoms with Crippen LogP contribution in [0.4, 0.5) is 5.69 Å². The third-order valence-electron chi connectivity index (χ3n) is 3.59. The van der Waals surface area contributed by atoms with Crippen LogP contribution in [0.15, 0.2) is 53.6 Å². The summed E-state index contributed by atoms with van der Waals surface area (Å²) in [5.41, 5.74) is 0.660. The van der Waals surface area contributed by atoms with Crippen molar-refractivity contribution in [3.05, 3.63) is 79.4 Å². The molecule has 4 rings (SSSR count). The molecule has 0 atom stereocenters. The highest BCUT2D eigenvalue weighted by Crippen LogP contribution is 2.19. The molecule has 0 aliphatic carbocycles. The number of fused-ring (bicyclic) bond motifs is 1. The Morgan fingerprint density at radius 2 is 2.00 bits per heavy atom.